The lowest BCUT2D eigenvalue weighted by molar-refractivity contribution is 0.171. The number of nitrogens with zero attached hydrogens (tertiary/aromatic N) is 1. The summed E-state index contributed by atoms with van der Waals surface area (Å²) in [6, 6.07) is 3.60. The Hall–Kier alpha value is -1.31. The summed E-state index contributed by atoms with van der Waals surface area (Å²) in [5.41, 5.74) is 3.44. The summed E-state index contributed by atoms with van der Waals surface area (Å²) in [5, 5.41) is 13.3. The minimum atomic E-state index is -0.655. The largest absolute Gasteiger partial charge is 0.507 e. The molecule has 0 spiro atoms. The molecular weight excluding hydrogens is 323 g/mol. The summed E-state index contributed by atoms with van der Waals surface area (Å²) >= 11 is 2.14. The third-order valence-corrected chi connectivity index (χ3v) is 2.46. The first-order chi connectivity index (χ1) is 7.54. The first-order valence-electron chi connectivity index (χ1n) is 4.40. The number of phenols is 1. The average molecular weight is 334 g/mol. The minimum Gasteiger partial charge on any atom is -0.507 e. The van der Waals surface area contributed by atoms with E-state index >= 15 is 0 Å². The maximum absolute atomic E-state index is 10.7. The topological polar surface area (TPSA) is 70.9 Å². The van der Waals surface area contributed by atoms with Gasteiger partial charge in [0.15, 0.2) is 0 Å². The van der Waals surface area contributed by atoms with Crippen LogP contribution in [0.1, 0.15) is 11.1 Å². The average Bonchev–Trinajstić information content (AvgIpc) is 2.24. The predicted molar refractivity (Wildman–Crippen MR) is 68.7 cm³/mol. The van der Waals surface area contributed by atoms with Crippen molar-refractivity contribution in [2.24, 2.45) is 5.10 Å². The maximum Gasteiger partial charge on any atom is 0.427 e. The van der Waals surface area contributed by atoms with Gasteiger partial charge >= 0.3 is 6.09 Å². The molecule has 0 radical (unpaired) electrons. The van der Waals surface area contributed by atoms with E-state index in [1.165, 1.54) is 13.3 Å². The van der Waals surface area contributed by atoms with Crippen molar-refractivity contribution in [3.05, 3.63) is 26.8 Å². The summed E-state index contributed by atoms with van der Waals surface area (Å²) in [5.74, 6) is 0.149. The molecule has 1 amide bonds. The maximum atomic E-state index is 10.7. The number of aryl methyl sites for hydroxylation is 1. The number of carbonyl (C=O) groups is 1. The van der Waals surface area contributed by atoms with Crippen LogP contribution < -0.4 is 5.43 Å². The quantitative estimate of drug-likeness (QED) is 0.494. The molecule has 0 unspecified atom stereocenters. The molecule has 0 aliphatic rings. The van der Waals surface area contributed by atoms with E-state index in [4.69, 9.17) is 0 Å². The summed E-state index contributed by atoms with van der Waals surface area (Å²) in [6.45, 7) is 1.79. The molecule has 1 aromatic rings. The first-order valence-corrected chi connectivity index (χ1v) is 5.48. The Balaban J connectivity index is 2.85. The number of rotatable bonds is 2. The van der Waals surface area contributed by atoms with E-state index in [0.717, 1.165) is 9.13 Å². The van der Waals surface area contributed by atoms with Crippen molar-refractivity contribution < 1.29 is 14.6 Å². The van der Waals surface area contributed by atoms with Crippen LogP contribution in [0.3, 0.4) is 0 Å². The molecule has 16 heavy (non-hydrogen) atoms. The molecule has 0 atom stereocenters. The van der Waals surface area contributed by atoms with Gasteiger partial charge in [-0.3, -0.25) is 0 Å². The van der Waals surface area contributed by atoms with Gasteiger partial charge in [0.05, 0.1) is 13.3 Å². The Bertz CT molecular complexity index is 432. The zero-order chi connectivity index (χ0) is 12.1. The highest BCUT2D eigenvalue weighted by atomic mass is 127. The Morgan fingerprint density at radius 2 is 2.31 bits per heavy atom. The van der Waals surface area contributed by atoms with Crippen LogP contribution in [0.2, 0.25) is 0 Å². The molecule has 0 aliphatic carbocycles. The van der Waals surface area contributed by atoms with Crippen LogP contribution in [0.5, 0.6) is 5.75 Å². The number of halogens is 1. The van der Waals surface area contributed by atoms with Gasteiger partial charge in [-0.2, -0.15) is 5.10 Å². The second-order valence-corrected chi connectivity index (χ2v) is 4.27. The van der Waals surface area contributed by atoms with Crippen LogP contribution >= 0.6 is 22.6 Å². The Labute approximate surface area is 107 Å². The first kappa shape index (κ1) is 12.8. The van der Waals surface area contributed by atoms with Crippen LogP contribution in [-0.2, 0) is 4.74 Å². The fourth-order valence-electron chi connectivity index (χ4n) is 1.06. The van der Waals surface area contributed by atoms with Crippen LogP contribution in [-0.4, -0.2) is 24.5 Å². The molecule has 6 heteroatoms. The fraction of sp³-hybridized carbons (Fsp3) is 0.200. The molecule has 5 nitrogen and oxygen atoms in total. The monoisotopic (exact) mass is 334 g/mol. The van der Waals surface area contributed by atoms with Crippen molar-refractivity contribution in [2.75, 3.05) is 7.11 Å². The minimum absolute atomic E-state index is 0.149. The van der Waals surface area contributed by atoms with Gasteiger partial charge in [0.1, 0.15) is 5.75 Å². The normalized spacial score (nSPS) is 10.4. The number of hydrogen-bond donors (Lipinski definition) is 2. The second kappa shape index (κ2) is 5.69. The van der Waals surface area contributed by atoms with Crippen molar-refractivity contribution in [1.82, 2.24) is 5.43 Å². The third-order valence-electron chi connectivity index (χ3n) is 1.84. The molecule has 0 bridgehead atoms. The van der Waals surface area contributed by atoms with Gasteiger partial charge in [-0.05, 0) is 47.2 Å². The van der Waals surface area contributed by atoms with Gasteiger partial charge < -0.3 is 9.84 Å². The molecule has 1 aromatic carbocycles. The number of nitrogens with one attached hydrogen (secondary N) is 1. The molecule has 1 rings (SSSR count). The molecule has 86 valence electrons. The Morgan fingerprint density at radius 3 is 2.94 bits per heavy atom. The lowest BCUT2D eigenvalue weighted by Crippen LogP contribution is -2.16. The fourth-order valence-corrected chi connectivity index (χ4v) is 1.86. The van der Waals surface area contributed by atoms with Gasteiger partial charge in [-0.1, -0.05) is 0 Å². The zero-order valence-electron chi connectivity index (χ0n) is 8.82. The van der Waals surface area contributed by atoms with E-state index in [1.54, 1.807) is 13.0 Å². The smallest absolute Gasteiger partial charge is 0.427 e. The van der Waals surface area contributed by atoms with E-state index in [0.29, 0.717) is 5.56 Å². The van der Waals surface area contributed by atoms with Crippen molar-refractivity contribution in [3.8, 4) is 5.75 Å². The molecule has 2 N–H and O–H groups in total. The van der Waals surface area contributed by atoms with E-state index in [9.17, 15) is 9.90 Å². The van der Waals surface area contributed by atoms with Crippen LogP contribution in [0.15, 0.2) is 17.2 Å². The van der Waals surface area contributed by atoms with Gasteiger partial charge in [0.25, 0.3) is 0 Å². The second-order valence-electron chi connectivity index (χ2n) is 3.02. The lowest BCUT2D eigenvalue weighted by Gasteiger charge is -2.03. The SMILES string of the molecule is COC(=O)NN=Cc1cc(I)cc(C)c1O. The summed E-state index contributed by atoms with van der Waals surface area (Å²) < 4.78 is 5.32. The van der Waals surface area contributed by atoms with Crippen molar-refractivity contribution in [1.29, 1.82) is 0 Å². The Morgan fingerprint density at radius 1 is 1.62 bits per heavy atom. The third kappa shape index (κ3) is 3.37. The lowest BCUT2D eigenvalue weighted by atomic mass is 10.1. The molecule has 0 heterocycles. The number of methoxy groups -OCH3 is 1. The number of benzene rings is 1. The molecule has 0 saturated heterocycles. The number of aromatic hydroxyl groups is 1. The predicted octanol–water partition coefficient (Wildman–Crippen LogP) is 2.00. The van der Waals surface area contributed by atoms with Crippen molar-refractivity contribution >= 4 is 34.9 Å². The molecule has 0 aromatic heterocycles. The van der Waals surface area contributed by atoms with Crippen molar-refractivity contribution in [3.63, 3.8) is 0 Å². The van der Waals surface area contributed by atoms with Crippen LogP contribution in [0, 0.1) is 10.5 Å². The highest BCUT2D eigenvalue weighted by molar-refractivity contribution is 14.1. The zero-order valence-corrected chi connectivity index (χ0v) is 11.0. The summed E-state index contributed by atoms with van der Waals surface area (Å²) in [7, 11) is 1.25. The van der Waals surface area contributed by atoms with E-state index in [1.807, 2.05) is 6.07 Å². The van der Waals surface area contributed by atoms with Gasteiger partial charge in [0, 0.05) is 9.13 Å². The highest BCUT2D eigenvalue weighted by Gasteiger charge is 2.04. The van der Waals surface area contributed by atoms with E-state index in [-0.39, 0.29) is 5.75 Å². The number of hydrazone groups is 1. The summed E-state index contributed by atoms with van der Waals surface area (Å²) in [6.07, 6.45) is 0.708. The number of carbonyl (C=O) groups excluding carboxylic acids is 1. The number of phenolic OH excluding ortho intramolecular Hbond substituents is 1. The van der Waals surface area contributed by atoms with E-state index in [2.05, 4.69) is 37.9 Å². The van der Waals surface area contributed by atoms with Gasteiger partial charge in [-0.25, -0.2) is 10.2 Å². The molecular formula is C10H11IN2O3. The van der Waals surface area contributed by atoms with E-state index < -0.39 is 6.09 Å². The number of ether oxygens (including phenoxy) is 1. The van der Waals surface area contributed by atoms with Gasteiger partial charge in [-0.15, -0.1) is 0 Å². The van der Waals surface area contributed by atoms with Gasteiger partial charge in [0.2, 0.25) is 0 Å². The standard InChI is InChI=1S/C10H11IN2O3/c1-6-3-8(11)4-7(9(6)14)5-12-13-10(15)16-2/h3-5,14H,1-2H3,(H,13,15). The molecule has 0 fully saturated rings. The van der Waals surface area contributed by atoms with Crippen LogP contribution in [0.25, 0.3) is 0 Å². The molecule has 0 aliphatic heterocycles. The number of hydrogen-bond acceptors (Lipinski definition) is 4. The Kier molecular flexibility index (Phi) is 4.53. The molecule has 0 saturated carbocycles. The highest BCUT2D eigenvalue weighted by Crippen LogP contribution is 2.23. The number of amides is 1. The summed E-state index contributed by atoms with van der Waals surface area (Å²) in [4.78, 5) is 10.7. The van der Waals surface area contributed by atoms with Crippen molar-refractivity contribution in [2.45, 2.75) is 6.92 Å². The van der Waals surface area contributed by atoms with Crippen LogP contribution in [0.4, 0.5) is 4.79 Å².